The third-order valence-electron chi connectivity index (χ3n) is 3.42. The fourth-order valence-corrected chi connectivity index (χ4v) is 3.30. The van der Waals surface area contributed by atoms with E-state index < -0.39 is 6.10 Å². The van der Waals surface area contributed by atoms with Crippen molar-refractivity contribution in [1.82, 2.24) is 5.32 Å². The molecule has 0 aliphatic heterocycles. The second kappa shape index (κ2) is 6.48. The van der Waals surface area contributed by atoms with Crippen molar-refractivity contribution in [2.45, 2.75) is 32.9 Å². The molecule has 2 nitrogen and oxygen atoms in total. The first kappa shape index (κ1) is 15.2. The topological polar surface area (TPSA) is 32.3 Å². The van der Waals surface area contributed by atoms with E-state index in [1.807, 2.05) is 0 Å². The highest BCUT2D eigenvalue weighted by Gasteiger charge is 2.13. The molecule has 4 heteroatoms. The Morgan fingerprint density at radius 3 is 2.45 bits per heavy atom. The Labute approximate surface area is 123 Å². The van der Waals surface area contributed by atoms with Crippen LogP contribution in [-0.4, -0.2) is 11.7 Å². The molecule has 2 rings (SSSR count). The number of aryl methyl sites for hydroxylation is 2. The number of benzene rings is 1. The monoisotopic (exact) mass is 293 g/mol. The van der Waals surface area contributed by atoms with Crippen LogP contribution in [-0.2, 0) is 0 Å². The van der Waals surface area contributed by atoms with Gasteiger partial charge in [-0.1, -0.05) is 12.1 Å². The zero-order valence-electron chi connectivity index (χ0n) is 12.0. The molecule has 0 radical (unpaired) electrons. The van der Waals surface area contributed by atoms with Crippen molar-refractivity contribution >= 4 is 11.3 Å². The van der Waals surface area contributed by atoms with Crippen LogP contribution >= 0.6 is 11.3 Å². The molecule has 0 spiro atoms. The number of nitrogens with one attached hydrogen (secondary N) is 1. The van der Waals surface area contributed by atoms with Crippen molar-refractivity contribution in [1.29, 1.82) is 0 Å². The van der Waals surface area contributed by atoms with Gasteiger partial charge in [-0.15, -0.1) is 11.3 Å². The maximum absolute atomic E-state index is 12.8. The van der Waals surface area contributed by atoms with Crippen LogP contribution < -0.4 is 5.32 Å². The van der Waals surface area contributed by atoms with Gasteiger partial charge in [-0.2, -0.15) is 0 Å². The van der Waals surface area contributed by atoms with E-state index in [0.717, 1.165) is 5.56 Å². The van der Waals surface area contributed by atoms with Gasteiger partial charge in [-0.05, 0) is 50.1 Å². The van der Waals surface area contributed by atoms with E-state index in [-0.39, 0.29) is 11.9 Å². The molecule has 1 aromatic carbocycles. The lowest BCUT2D eigenvalue weighted by molar-refractivity contribution is 0.170. The van der Waals surface area contributed by atoms with Crippen molar-refractivity contribution in [3.05, 3.63) is 57.0 Å². The quantitative estimate of drug-likeness (QED) is 0.876. The standard InChI is InChI=1S/C16H20FNOS/c1-10-8-15(12(3)20-10)11(2)18-9-16(19)13-4-6-14(17)7-5-13/h4-8,11,16,18-19H,9H2,1-3H3. The Morgan fingerprint density at radius 1 is 1.25 bits per heavy atom. The molecule has 0 saturated carbocycles. The molecule has 0 fully saturated rings. The summed E-state index contributed by atoms with van der Waals surface area (Å²) in [5, 5.41) is 13.4. The van der Waals surface area contributed by atoms with Gasteiger partial charge in [-0.3, -0.25) is 0 Å². The average molecular weight is 293 g/mol. The first-order valence-corrected chi connectivity index (χ1v) is 7.53. The largest absolute Gasteiger partial charge is 0.387 e. The van der Waals surface area contributed by atoms with Crippen LogP contribution in [0.25, 0.3) is 0 Å². The minimum Gasteiger partial charge on any atom is -0.387 e. The van der Waals surface area contributed by atoms with E-state index >= 15 is 0 Å². The van der Waals surface area contributed by atoms with E-state index in [4.69, 9.17) is 0 Å². The third-order valence-corrected chi connectivity index (χ3v) is 4.40. The Hall–Kier alpha value is -1.23. The average Bonchev–Trinajstić information content (AvgIpc) is 2.75. The number of halogens is 1. The van der Waals surface area contributed by atoms with E-state index in [9.17, 15) is 9.50 Å². The summed E-state index contributed by atoms with van der Waals surface area (Å²) in [6, 6.07) is 8.35. The third kappa shape index (κ3) is 3.66. The van der Waals surface area contributed by atoms with Gasteiger partial charge in [0.2, 0.25) is 0 Å². The second-order valence-electron chi connectivity index (χ2n) is 5.07. The maximum atomic E-state index is 12.8. The molecular weight excluding hydrogens is 273 g/mol. The summed E-state index contributed by atoms with van der Waals surface area (Å²) in [5.74, 6) is -0.286. The summed E-state index contributed by atoms with van der Waals surface area (Å²) in [4.78, 5) is 2.60. The van der Waals surface area contributed by atoms with Gasteiger partial charge >= 0.3 is 0 Å². The van der Waals surface area contributed by atoms with Gasteiger partial charge in [0.05, 0.1) is 6.10 Å². The molecule has 0 saturated heterocycles. The lowest BCUT2D eigenvalue weighted by atomic mass is 10.1. The van der Waals surface area contributed by atoms with Crippen molar-refractivity contribution in [2.24, 2.45) is 0 Å². The minimum atomic E-state index is -0.627. The summed E-state index contributed by atoms with van der Waals surface area (Å²) in [6.07, 6.45) is -0.627. The SMILES string of the molecule is Cc1cc(C(C)NCC(O)c2ccc(F)cc2)c(C)s1. The maximum Gasteiger partial charge on any atom is 0.123 e. The van der Waals surface area contributed by atoms with Gasteiger partial charge in [0.15, 0.2) is 0 Å². The summed E-state index contributed by atoms with van der Waals surface area (Å²) in [7, 11) is 0. The molecule has 108 valence electrons. The Morgan fingerprint density at radius 2 is 1.90 bits per heavy atom. The van der Waals surface area contributed by atoms with Gasteiger partial charge in [-0.25, -0.2) is 4.39 Å². The van der Waals surface area contributed by atoms with Crippen LogP contribution in [0, 0.1) is 19.7 Å². The Bertz CT molecular complexity index is 564. The van der Waals surface area contributed by atoms with E-state index in [0.29, 0.717) is 6.54 Å². The molecule has 2 atom stereocenters. The molecule has 20 heavy (non-hydrogen) atoms. The van der Waals surface area contributed by atoms with Crippen LogP contribution in [0.4, 0.5) is 4.39 Å². The number of hydrogen-bond acceptors (Lipinski definition) is 3. The van der Waals surface area contributed by atoms with Crippen molar-refractivity contribution in [2.75, 3.05) is 6.54 Å². The molecule has 2 N–H and O–H groups in total. The lowest BCUT2D eigenvalue weighted by Gasteiger charge is -2.17. The molecule has 2 aromatic rings. The van der Waals surface area contributed by atoms with E-state index in [2.05, 4.69) is 32.2 Å². The highest BCUT2D eigenvalue weighted by molar-refractivity contribution is 7.12. The number of thiophene rings is 1. The van der Waals surface area contributed by atoms with Crippen LogP contribution in [0.15, 0.2) is 30.3 Å². The van der Waals surface area contributed by atoms with Crippen LogP contribution in [0.3, 0.4) is 0 Å². The molecule has 0 bridgehead atoms. The summed E-state index contributed by atoms with van der Waals surface area (Å²) < 4.78 is 12.8. The number of hydrogen-bond donors (Lipinski definition) is 2. The highest BCUT2D eigenvalue weighted by Crippen LogP contribution is 2.26. The van der Waals surface area contributed by atoms with Gasteiger partial charge in [0, 0.05) is 22.3 Å². The fraction of sp³-hybridized carbons (Fsp3) is 0.375. The Balaban J connectivity index is 1.94. The summed E-state index contributed by atoms with van der Waals surface area (Å²) >= 11 is 1.79. The minimum absolute atomic E-state index is 0.190. The van der Waals surface area contributed by atoms with Crippen LogP contribution in [0.2, 0.25) is 0 Å². The zero-order valence-corrected chi connectivity index (χ0v) is 12.8. The molecule has 1 aromatic heterocycles. The van der Waals surface area contributed by atoms with Crippen LogP contribution in [0.5, 0.6) is 0 Å². The smallest absolute Gasteiger partial charge is 0.123 e. The molecule has 0 aliphatic carbocycles. The first-order valence-electron chi connectivity index (χ1n) is 6.71. The van der Waals surface area contributed by atoms with E-state index in [1.54, 1.807) is 23.5 Å². The van der Waals surface area contributed by atoms with Crippen molar-refractivity contribution < 1.29 is 9.50 Å². The zero-order chi connectivity index (χ0) is 14.7. The highest BCUT2D eigenvalue weighted by atomic mass is 32.1. The van der Waals surface area contributed by atoms with Gasteiger partial charge in [0.25, 0.3) is 0 Å². The van der Waals surface area contributed by atoms with Crippen LogP contribution in [0.1, 0.15) is 40.0 Å². The molecule has 0 amide bonds. The number of aliphatic hydroxyl groups excluding tert-OH is 1. The number of aliphatic hydroxyl groups is 1. The van der Waals surface area contributed by atoms with E-state index in [1.165, 1.54) is 27.5 Å². The second-order valence-corrected chi connectivity index (χ2v) is 6.53. The normalized spacial score (nSPS) is 14.2. The number of rotatable bonds is 5. The molecule has 1 heterocycles. The Kier molecular flexibility index (Phi) is 4.91. The van der Waals surface area contributed by atoms with Crippen molar-refractivity contribution in [3.8, 4) is 0 Å². The predicted molar refractivity (Wildman–Crippen MR) is 81.6 cm³/mol. The van der Waals surface area contributed by atoms with Gasteiger partial charge in [0.1, 0.15) is 5.82 Å². The molecule has 0 aliphatic rings. The molecule has 2 unspecified atom stereocenters. The summed E-state index contributed by atoms with van der Waals surface area (Å²) in [6.45, 7) is 6.75. The van der Waals surface area contributed by atoms with Gasteiger partial charge < -0.3 is 10.4 Å². The first-order chi connectivity index (χ1) is 9.47. The lowest BCUT2D eigenvalue weighted by Crippen LogP contribution is -2.24. The summed E-state index contributed by atoms with van der Waals surface area (Å²) in [5.41, 5.74) is 2.00. The molecular formula is C16H20FNOS. The fourth-order valence-electron chi connectivity index (χ4n) is 2.28. The predicted octanol–water partition coefficient (Wildman–Crippen LogP) is 3.89. The van der Waals surface area contributed by atoms with Crippen molar-refractivity contribution in [3.63, 3.8) is 0 Å².